The third-order valence-corrected chi connectivity index (χ3v) is 2.75. The van der Waals surface area contributed by atoms with Crippen molar-refractivity contribution in [2.75, 3.05) is 23.8 Å². The fourth-order valence-electron chi connectivity index (χ4n) is 1.85. The van der Waals surface area contributed by atoms with Crippen LogP contribution in [0.5, 0.6) is 0 Å². The maximum atomic E-state index is 12.4. The third-order valence-electron chi connectivity index (χ3n) is 2.75. The van der Waals surface area contributed by atoms with Crippen LogP contribution in [0.3, 0.4) is 0 Å². The van der Waals surface area contributed by atoms with Gasteiger partial charge in [0.05, 0.1) is 29.7 Å². The second kappa shape index (κ2) is 5.53. The van der Waals surface area contributed by atoms with Gasteiger partial charge in [-0.15, -0.1) is 0 Å². The molecule has 0 saturated heterocycles. The summed E-state index contributed by atoms with van der Waals surface area (Å²) in [6, 6.07) is 7.06. The van der Waals surface area contributed by atoms with Crippen molar-refractivity contribution in [2.45, 2.75) is 0 Å². The van der Waals surface area contributed by atoms with Gasteiger partial charge in [0, 0.05) is 19.8 Å². The van der Waals surface area contributed by atoms with Gasteiger partial charge in [-0.2, -0.15) is 5.10 Å². The molecule has 1 aromatic carbocycles. The average molecular weight is 260 g/mol. The van der Waals surface area contributed by atoms with E-state index in [1.54, 1.807) is 42.2 Å². The van der Waals surface area contributed by atoms with Crippen molar-refractivity contribution >= 4 is 17.3 Å². The highest BCUT2D eigenvalue weighted by Gasteiger charge is 2.20. The molecule has 19 heavy (non-hydrogen) atoms. The summed E-state index contributed by atoms with van der Waals surface area (Å²) in [7, 11) is 1.74. The summed E-state index contributed by atoms with van der Waals surface area (Å²) in [4.78, 5) is 13.9. The molecule has 1 aromatic heterocycles. The second-order valence-electron chi connectivity index (χ2n) is 4.14. The molecule has 0 aliphatic heterocycles. The van der Waals surface area contributed by atoms with Crippen LogP contribution in [-0.4, -0.2) is 33.9 Å². The van der Waals surface area contributed by atoms with Crippen molar-refractivity contribution in [3.05, 3.63) is 42.2 Å². The number of aryl methyl sites for hydroxylation is 1. The molecule has 2 rings (SSSR count). The number of rotatable bonds is 4. The molecule has 0 unspecified atom stereocenters. The highest BCUT2D eigenvalue weighted by atomic mass is 16.3. The molecule has 1 heterocycles. The van der Waals surface area contributed by atoms with Gasteiger partial charge >= 0.3 is 0 Å². The number of para-hydroxylation sites is 2. The van der Waals surface area contributed by atoms with Gasteiger partial charge in [-0.05, 0) is 12.1 Å². The number of anilines is 2. The molecule has 100 valence electrons. The molecule has 3 N–H and O–H groups in total. The summed E-state index contributed by atoms with van der Waals surface area (Å²) >= 11 is 0. The van der Waals surface area contributed by atoms with Gasteiger partial charge in [0.2, 0.25) is 0 Å². The number of hydrogen-bond donors (Lipinski definition) is 2. The molecule has 0 atom stereocenters. The van der Waals surface area contributed by atoms with E-state index in [0.717, 1.165) is 0 Å². The predicted molar refractivity (Wildman–Crippen MR) is 72.8 cm³/mol. The number of carbonyl (C=O) groups is 1. The Labute approximate surface area is 111 Å². The molecule has 0 saturated carbocycles. The van der Waals surface area contributed by atoms with Crippen LogP contribution >= 0.6 is 0 Å². The van der Waals surface area contributed by atoms with Crippen molar-refractivity contribution in [3.8, 4) is 0 Å². The predicted octanol–water partition coefficient (Wildman–Crippen LogP) is 0.641. The van der Waals surface area contributed by atoms with E-state index in [-0.39, 0.29) is 19.1 Å². The van der Waals surface area contributed by atoms with Gasteiger partial charge in [0.25, 0.3) is 5.91 Å². The summed E-state index contributed by atoms with van der Waals surface area (Å²) in [5.74, 6) is -0.236. The largest absolute Gasteiger partial charge is 0.397 e. The van der Waals surface area contributed by atoms with E-state index in [1.165, 1.54) is 11.1 Å². The van der Waals surface area contributed by atoms with E-state index in [0.29, 0.717) is 16.9 Å². The molecular weight excluding hydrogens is 244 g/mol. The Bertz CT molecular complexity index is 580. The number of hydrogen-bond acceptors (Lipinski definition) is 4. The number of nitrogens with two attached hydrogens (primary N) is 1. The summed E-state index contributed by atoms with van der Waals surface area (Å²) in [5.41, 5.74) is 7.42. The van der Waals surface area contributed by atoms with E-state index < -0.39 is 0 Å². The second-order valence-corrected chi connectivity index (χ2v) is 4.14. The highest BCUT2D eigenvalue weighted by molar-refractivity contribution is 6.07. The number of carbonyl (C=O) groups excluding carboxylic acids is 1. The van der Waals surface area contributed by atoms with Crippen molar-refractivity contribution in [1.82, 2.24) is 9.78 Å². The molecule has 0 fully saturated rings. The van der Waals surface area contributed by atoms with Gasteiger partial charge < -0.3 is 15.7 Å². The Kier molecular flexibility index (Phi) is 3.82. The first kappa shape index (κ1) is 13.1. The number of nitrogen functional groups attached to an aromatic ring is 1. The molecule has 0 bridgehead atoms. The first-order chi connectivity index (χ1) is 9.13. The maximum absolute atomic E-state index is 12.4. The van der Waals surface area contributed by atoms with Crippen LogP contribution in [0.25, 0.3) is 0 Å². The monoisotopic (exact) mass is 260 g/mol. The zero-order valence-electron chi connectivity index (χ0n) is 10.7. The van der Waals surface area contributed by atoms with Crippen molar-refractivity contribution < 1.29 is 9.90 Å². The Morgan fingerprint density at radius 3 is 2.79 bits per heavy atom. The minimum Gasteiger partial charge on any atom is -0.397 e. The highest BCUT2D eigenvalue weighted by Crippen LogP contribution is 2.23. The molecule has 0 spiro atoms. The molecule has 2 aromatic rings. The number of aliphatic hydroxyl groups is 1. The number of aliphatic hydroxyl groups excluding tert-OH is 1. The lowest BCUT2D eigenvalue weighted by Gasteiger charge is -2.22. The van der Waals surface area contributed by atoms with Crippen LogP contribution in [0.4, 0.5) is 11.4 Å². The summed E-state index contributed by atoms with van der Waals surface area (Å²) < 4.78 is 1.55. The van der Waals surface area contributed by atoms with Crippen LogP contribution < -0.4 is 10.6 Å². The van der Waals surface area contributed by atoms with Crippen LogP contribution in [0, 0.1) is 0 Å². The van der Waals surface area contributed by atoms with Gasteiger partial charge in [0.1, 0.15) is 0 Å². The van der Waals surface area contributed by atoms with E-state index in [4.69, 9.17) is 10.8 Å². The topological polar surface area (TPSA) is 84.4 Å². The zero-order chi connectivity index (χ0) is 13.8. The standard InChI is InChI=1S/C13H16N4O2/c1-16-9-10(8-15-16)13(19)17(6-7-18)12-5-3-2-4-11(12)14/h2-5,8-9,18H,6-7,14H2,1H3. The number of amides is 1. The van der Waals surface area contributed by atoms with Gasteiger partial charge in [0.15, 0.2) is 0 Å². The molecule has 1 amide bonds. The first-order valence-electron chi connectivity index (χ1n) is 5.89. The third kappa shape index (κ3) is 2.74. The lowest BCUT2D eigenvalue weighted by atomic mass is 10.2. The summed E-state index contributed by atoms with van der Waals surface area (Å²) in [6.07, 6.45) is 3.12. The van der Waals surface area contributed by atoms with E-state index in [9.17, 15) is 4.79 Å². The fraction of sp³-hybridized carbons (Fsp3) is 0.231. The molecule has 0 aliphatic rings. The Morgan fingerprint density at radius 1 is 1.47 bits per heavy atom. The summed E-state index contributed by atoms with van der Waals surface area (Å²) in [5, 5.41) is 13.1. The molecule has 0 radical (unpaired) electrons. The number of aromatic nitrogens is 2. The lowest BCUT2D eigenvalue weighted by Crippen LogP contribution is -2.34. The van der Waals surface area contributed by atoms with Crippen LogP contribution in [-0.2, 0) is 7.05 Å². The van der Waals surface area contributed by atoms with E-state index >= 15 is 0 Å². The van der Waals surface area contributed by atoms with Gasteiger partial charge in [-0.1, -0.05) is 12.1 Å². The normalized spacial score (nSPS) is 10.4. The van der Waals surface area contributed by atoms with Gasteiger partial charge in [-0.25, -0.2) is 0 Å². The van der Waals surface area contributed by atoms with E-state index in [2.05, 4.69) is 5.10 Å². The Morgan fingerprint density at radius 2 is 2.21 bits per heavy atom. The average Bonchev–Trinajstić information content (AvgIpc) is 2.83. The quantitative estimate of drug-likeness (QED) is 0.790. The molecule has 0 aliphatic carbocycles. The van der Waals surface area contributed by atoms with Crippen molar-refractivity contribution in [1.29, 1.82) is 0 Å². The van der Waals surface area contributed by atoms with Crippen molar-refractivity contribution in [2.24, 2.45) is 7.05 Å². The van der Waals surface area contributed by atoms with Crippen molar-refractivity contribution in [3.63, 3.8) is 0 Å². The molecule has 6 heteroatoms. The SMILES string of the molecule is Cn1cc(C(=O)N(CCO)c2ccccc2N)cn1. The zero-order valence-corrected chi connectivity index (χ0v) is 10.7. The molecular formula is C13H16N4O2. The Balaban J connectivity index is 2.35. The van der Waals surface area contributed by atoms with Crippen LogP contribution in [0.15, 0.2) is 36.7 Å². The number of nitrogens with zero attached hydrogens (tertiary/aromatic N) is 3. The van der Waals surface area contributed by atoms with E-state index in [1.807, 2.05) is 0 Å². The first-order valence-corrected chi connectivity index (χ1v) is 5.89. The van der Waals surface area contributed by atoms with Crippen LogP contribution in [0.1, 0.15) is 10.4 Å². The molecule has 6 nitrogen and oxygen atoms in total. The maximum Gasteiger partial charge on any atom is 0.261 e. The van der Waals surface area contributed by atoms with Gasteiger partial charge in [-0.3, -0.25) is 9.48 Å². The number of benzene rings is 1. The fourth-order valence-corrected chi connectivity index (χ4v) is 1.85. The lowest BCUT2D eigenvalue weighted by molar-refractivity contribution is 0.0981. The summed E-state index contributed by atoms with van der Waals surface area (Å²) in [6.45, 7) is 0.0439. The minimum absolute atomic E-state index is 0.139. The minimum atomic E-state index is -0.236. The smallest absolute Gasteiger partial charge is 0.261 e. The van der Waals surface area contributed by atoms with Crippen LogP contribution in [0.2, 0.25) is 0 Å². The Hall–Kier alpha value is -2.34.